The summed E-state index contributed by atoms with van der Waals surface area (Å²) in [5, 5.41) is 2.95. The van der Waals surface area contributed by atoms with E-state index < -0.39 is 0 Å². The van der Waals surface area contributed by atoms with Crippen LogP contribution in [0.2, 0.25) is 0 Å². The van der Waals surface area contributed by atoms with Crippen LogP contribution in [0.4, 0.5) is 10.5 Å². The summed E-state index contributed by atoms with van der Waals surface area (Å²) >= 11 is 0. The summed E-state index contributed by atoms with van der Waals surface area (Å²) in [4.78, 5) is 29.6. The number of hydrogen-bond donors (Lipinski definition) is 1. The van der Waals surface area contributed by atoms with E-state index in [1.54, 1.807) is 16.1 Å². The number of rotatable bonds is 8. The number of carbonyl (C=O) groups is 2. The van der Waals surface area contributed by atoms with Gasteiger partial charge in [0.2, 0.25) is 5.91 Å². The number of ether oxygens (including phenoxy) is 1. The highest BCUT2D eigenvalue weighted by atomic mass is 16.5. The number of nitrogens with zero attached hydrogens (tertiary/aromatic N) is 2. The van der Waals surface area contributed by atoms with Crippen molar-refractivity contribution in [1.82, 2.24) is 9.80 Å². The van der Waals surface area contributed by atoms with E-state index in [1.807, 2.05) is 58.0 Å². The molecule has 0 radical (unpaired) electrons. The molecular weight excluding hydrogens is 394 g/mol. The molecule has 3 amide bonds. The van der Waals surface area contributed by atoms with Crippen molar-refractivity contribution < 1.29 is 18.7 Å². The molecule has 0 saturated carbocycles. The van der Waals surface area contributed by atoms with Crippen molar-refractivity contribution in [3.05, 3.63) is 53.5 Å². The van der Waals surface area contributed by atoms with Crippen molar-refractivity contribution in [1.29, 1.82) is 0 Å². The van der Waals surface area contributed by atoms with Crippen molar-refractivity contribution in [2.24, 2.45) is 0 Å². The van der Waals surface area contributed by atoms with Gasteiger partial charge in [-0.3, -0.25) is 4.79 Å². The molecule has 1 saturated heterocycles. The number of furan rings is 1. The van der Waals surface area contributed by atoms with Gasteiger partial charge in [0.15, 0.2) is 0 Å². The van der Waals surface area contributed by atoms with Gasteiger partial charge in [0.05, 0.1) is 18.9 Å². The van der Waals surface area contributed by atoms with Crippen molar-refractivity contribution in [3.8, 4) is 0 Å². The van der Waals surface area contributed by atoms with E-state index in [2.05, 4.69) is 5.32 Å². The molecule has 1 aliphatic heterocycles. The van der Waals surface area contributed by atoms with Gasteiger partial charge in [-0.05, 0) is 64.3 Å². The summed E-state index contributed by atoms with van der Waals surface area (Å²) in [5.74, 6) is 0.582. The predicted octanol–water partition coefficient (Wildman–Crippen LogP) is 4.35. The molecule has 1 aliphatic rings. The van der Waals surface area contributed by atoms with Gasteiger partial charge in [-0.1, -0.05) is 17.7 Å². The molecule has 0 bridgehead atoms. The molecule has 1 fully saturated rings. The third kappa shape index (κ3) is 6.34. The van der Waals surface area contributed by atoms with Crippen molar-refractivity contribution in [2.45, 2.75) is 59.2 Å². The highest BCUT2D eigenvalue weighted by Crippen LogP contribution is 2.19. The van der Waals surface area contributed by atoms with Gasteiger partial charge in [-0.25, -0.2) is 4.79 Å². The Hall–Kier alpha value is -2.80. The lowest BCUT2D eigenvalue weighted by Gasteiger charge is -2.31. The van der Waals surface area contributed by atoms with Crippen LogP contribution in [0.15, 0.2) is 41.0 Å². The summed E-state index contributed by atoms with van der Waals surface area (Å²) in [6, 6.07) is 9.11. The maximum atomic E-state index is 13.2. The van der Waals surface area contributed by atoms with Crippen LogP contribution in [0.1, 0.15) is 43.6 Å². The SMILES string of the molecule is Cc1ccc(NC(=O)N(CC(=O)N(Cc2ccco2)C[C@@H]2CCCO2)C(C)C)c(C)c1. The lowest BCUT2D eigenvalue weighted by Crippen LogP contribution is -2.48. The summed E-state index contributed by atoms with van der Waals surface area (Å²) in [6.07, 6.45) is 3.56. The van der Waals surface area contributed by atoms with E-state index >= 15 is 0 Å². The van der Waals surface area contributed by atoms with E-state index in [4.69, 9.17) is 9.15 Å². The second kappa shape index (κ2) is 10.5. The highest BCUT2D eigenvalue weighted by Gasteiger charge is 2.27. The minimum atomic E-state index is -0.287. The van der Waals surface area contributed by atoms with E-state index in [0.717, 1.165) is 36.3 Å². The molecule has 7 heteroatoms. The first-order valence-corrected chi connectivity index (χ1v) is 10.9. The Morgan fingerprint density at radius 1 is 1.23 bits per heavy atom. The van der Waals surface area contributed by atoms with Gasteiger partial charge in [0.25, 0.3) is 0 Å². The lowest BCUT2D eigenvalue weighted by molar-refractivity contribution is -0.134. The molecule has 7 nitrogen and oxygen atoms in total. The maximum absolute atomic E-state index is 13.2. The highest BCUT2D eigenvalue weighted by molar-refractivity contribution is 5.93. The zero-order valence-corrected chi connectivity index (χ0v) is 18.9. The first kappa shape index (κ1) is 22.9. The van der Waals surface area contributed by atoms with Crippen LogP contribution in [-0.2, 0) is 16.1 Å². The fraction of sp³-hybridized carbons (Fsp3) is 0.500. The van der Waals surface area contributed by atoms with Gasteiger partial charge < -0.3 is 24.3 Å². The molecular formula is C24H33N3O4. The molecule has 1 aromatic heterocycles. The van der Waals surface area contributed by atoms with Crippen molar-refractivity contribution in [2.75, 3.05) is 25.0 Å². The van der Waals surface area contributed by atoms with Gasteiger partial charge >= 0.3 is 6.03 Å². The Bertz CT molecular complexity index is 873. The minimum Gasteiger partial charge on any atom is -0.467 e. The fourth-order valence-corrected chi connectivity index (χ4v) is 3.75. The van der Waals surface area contributed by atoms with E-state index in [0.29, 0.717) is 18.8 Å². The minimum absolute atomic E-state index is 0.0121. The largest absolute Gasteiger partial charge is 0.467 e. The van der Waals surface area contributed by atoms with Crippen LogP contribution in [0.3, 0.4) is 0 Å². The number of amides is 3. The van der Waals surface area contributed by atoms with Crippen molar-refractivity contribution in [3.63, 3.8) is 0 Å². The van der Waals surface area contributed by atoms with E-state index in [9.17, 15) is 9.59 Å². The maximum Gasteiger partial charge on any atom is 0.322 e. The molecule has 2 aromatic rings. The van der Waals surface area contributed by atoms with Crippen LogP contribution in [-0.4, -0.2) is 53.6 Å². The second-order valence-corrected chi connectivity index (χ2v) is 8.46. The number of nitrogens with one attached hydrogen (secondary N) is 1. The van der Waals surface area contributed by atoms with Gasteiger partial charge in [-0.15, -0.1) is 0 Å². The van der Waals surface area contributed by atoms with Crippen molar-refractivity contribution >= 4 is 17.6 Å². The molecule has 168 valence electrons. The standard InChI is InChI=1S/C24H33N3O4/c1-17(2)27(24(29)25-22-10-9-18(3)13-19(22)4)16-23(28)26(14-20-7-5-11-30-20)15-21-8-6-12-31-21/h5,7,9-11,13,17,21H,6,8,12,14-16H2,1-4H3,(H,25,29)/t21-/m0/s1. The fourth-order valence-electron chi connectivity index (χ4n) is 3.75. The molecule has 0 unspecified atom stereocenters. The number of anilines is 1. The third-order valence-corrected chi connectivity index (χ3v) is 5.54. The van der Waals surface area contributed by atoms with Crippen LogP contribution < -0.4 is 5.32 Å². The zero-order valence-electron chi connectivity index (χ0n) is 18.9. The summed E-state index contributed by atoms with van der Waals surface area (Å²) in [7, 11) is 0. The zero-order chi connectivity index (χ0) is 22.4. The number of benzene rings is 1. The number of carbonyl (C=O) groups excluding carboxylic acids is 2. The smallest absolute Gasteiger partial charge is 0.322 e. The Balaban J connectivity index is 1.70. The van der Waals surface area contributed by atoms with Crippen LogP contribution >= 0.6 is 0 Å². The molecule has 0 aliphatic carbocycles. The average molecular weight is 428 g/mol. The Labute approximate surface area is 184 Å². The molecule has 1 atom stereocenters. The van der Waals surface area contributed by atoms with Crippen LogP contribution in [0, 0.1) is 13.8 Å². The third-order valence-electron chi connectivity index (χ3n) is 5.54. The number of urea groups is 1. The van der Waals surface area contributed by atoms with Crippen LogP contribution in [0.25, 0.3) is 0 Å². The number of hydrogen-bond acceptors (Lipinski definition) is 4. The number of aryl methyl sites for hydroxylation is 2. The van der Waals surface area contributed by atoms with Gasteiger partial charge in [0, 0.05) is 24.9 Å². The first-order chi connectivity index (χ1) is 14.8. The molecule has 1 aromatic carbocycles. The lowest BCUT2D eigenvalue weighted by atomic mass is 10.1. The Morgan fingerprint density at radius 2 is 2.03 bits per heavy atom. The van der Waals surface area contributed by atoms with Crippen LogP contribution in [0.5, 0.6) is 0 Å². The Morgan fingerprint density at radius 3 is 2.65 bits per heavy atom. The normalized spacial score (nSPS) is 15.8. The monoisotopic (exact) mass is 427 g/mol. The van der Waals surface area contributed by atoms with Gasteiger partial charge in [0.1, 0.15) is 12.3 Å². The quantitative estimate of drug-likeness (QED) is 0.680. The second-order valence-electron chi connectivity index (χ2n) is 8.46. The molecule has 0 spiro atoms. The van der Waals surface area contributed by atoms with E-state index in [1.165, 1.54) is 0 Å². The first-order valence-electron chi connectivity index (χ1n) is 10.9. The topological polar surface area (TPSA) is 75.0 Å². The summed E-state index contributed by atoms with van der Waals surface area (Å²) in [6.45, 7) is 9.35. The molecule has 31 heavy (non-hydrogen) atoms. The average Bonchev–Trinajstić information content (AvgIpc) is 3.41. The summed E-state index contributed by atoms with van der Waals surface area (Å²) in [5.41, 5.74) is 2.87. The molecule has 3 rings (SSSR count). The van der Waals surface area contributed by atoms with E-state index in [-0.39, 0.29) is 30.6 Å². The molecule has 1 N–H and O–H groups in total. The predicted molar refractivity (Wildman–Crippen MR) is 120 cm³/mol. The molecule has 2 heterocycles. The Kier molecular flexibility index (Phi) is 7.74. The summed E-state index contributed by atoms with van der Waals surface area (Å²) < 4.78 is 11.2. The van der Waals surface area contributed by atoms with Gasteiger partial charge in [-0.2, -0.15) is 0 Å².